The minimum absolute atomic E-state index is 0.00939. The summed E-state index contributed by atoms with van der Waals surface area (Å²) in [4.78, 5) is 13.9. The van der Waals surface area contributed by atoms with Crippen molar-refractivity contribution in [3.63, 3.8) is 0 Å². The van der Waals surface area contributed by atoms with Gasteiger partial charge < -0.3 is 16.0 Å². The fourth-order valence-electron chi connectivity index (χ4n) is 2.15. The summed E-state index contributed by atoms with van der Waals surface area (Å²) in [5.41, 5.74) is 6.27. The van der Waals surface area contributed by atoms with Gasteiger partial charge in [0, 0.05) is 18.1 Å². The number of nitrogens with two attached hydrogens (primary N) is 1. The molecule has 1 fully saturated rings. The summed E-state index contributed by atoms with van der Waals surface area (Å²) in [6.45, 7) is 4.03. The van der Waals surface area contributed by atoms with E-state index in [4.69, 9.17) is 28.9 Å². The van der Waals surface area contributed by atoms with E-state index < -0.39 is 0 Å². The van der Waals surface area contributed by atoms with Crippen molar-refractivity contribution in [2.75, 3.05) is 25.0 Å². The first-order chi connectivity index (χ1) is 8.93. The van der Waals surface area contributed by atoms with Gasteiger partial charge in [-0.05, 0) is 36.6 Å². The number of benzene rings is 1. The molecule has 104 valence electrons. The Morgan fingerprint density at radius 3 is 2.89 bits per heavy atom. The van der Waals surface area contributed by atoms with E-state index in [0.29, 0.717) is 35.4 Å². The predicted octanol–water partition coefficient (Wildman–Crippen LogP) is 3.20. The molecule has 1 heterocycles. The predicted molar refractivity (Wildman–Crippen MR) is 78.8 cm³/mol. The van der Waals surface area contributed by atoms with Crippen LogP contribution in [0.1, 0.15) is 13.3 Å². The zero-order valence-corrected chi connectivity index (χ0v) is 12.3. The first kappa shape index (κ1) is 14.4. The van der Waals surface area contributed by atoms with Crippen LogP contribution in [0.5, 0.6) is 0 Å². The van der Waals surface area contributed by atoms with Gasteiger partial charge in [0.05, 0.1) is 10.7 Å². The smallest absolute Gasteiger partial charge is 0.321 e. The van der Waals surface area contributed by atoms with Crippen molar-refractivity contribution in [3.05, 3.63) is 28.2 Å². The average Bonchev–Trinajstić information content (AvgIpc) is 2.77. The first-order valence-electron chi connectivity index (χ1n) is 6.15. The van der Waals surface area contributed by atoms with Crippen LogP contribution in [0.4, 0.5) is 10.5 Å². The normalized spacial score (nSPS) is 22.6. The minimum atomic E-state index is -0.165. The van der Waals surface area contributed by atoms with E-state index in [1.165, 1.54) is 0 Å². The van der Waals surface area contributed by atoms with E-state index in [9.17, 15) is 4.79 Å². The summed E-state index contributed by atoms with van der Waals surface area (Å²) >= 11 is 11.9. The molecule has 0 saturated carbocycles. The molecular weight excluding hydrogens is 285 g/mol. The third-order valence-electron chi connectivity index (χ3n) is 3.51. The summed E-state index contributed by atoms with van der Waals surface area (Å²) in [7, 11) is 0. The largest absolute Gasteiger partial charge is 0.330 e. The van der Waals surface area contributed by atoms with Gasteiger partial charge >= 0.3 is 6.03 Å². The van der Waals surface area contributed by atoms with Gasteiger partial charge in [-0.1, -0.05) is 30.1 Å². The molecule has 0 bridgehead atoms. The molecule has 1 atom stereocenters. The highest BCUT2D eigenvalue weighted by Gasteiger charge is 2.34. The van der Waals surface area contributed by atoms with Gasteiger partial charge in [-0.3, -0.25) is 0 Å². The number of rotatable bonds is 2. The zero-order valence-electron chi connectivity index (χ0n) is 10.7. The number of amides is 2. The second kappa shape index (κ2) is 5.57. The van der Waals surface area contributed by atoms with Crippen molar-refractivity contribution in [2.45, 2.75) is 13.3 Å². The van der Waals surface area contributed by atoms with Gasteiger partial charge in [0.1, 0.15) is 0 Å². The van der Waals surface area contributed by atoms with Gasteiger partial charge in [0.15, 0.2) is 0 Å². The van der Waals surface area contributed by atoms with Gasteiger partial charge in [-0.25, -0.2) is 4.79 Å². The van der Waals surface area contributed by atoms with Crippen LogP contribution in [0, 0.1) is 5.41 Å². The molecule has 1 unspecified atom stereocenters. The lowest BCUT2D eigenvalue weighted by atomic mass is 9.90. The number of nitrogens with one attached hydrogen (secondary N) is 1. The highest BCUT2D eigenvalue weighted by molar-refractivity contribution is 6.35. The van der Waals surface area contributed by atoms with E-state index in [1.807, 2.05) is 0 Å². The van der Waals surface area contributed by atoms with Crippen LogP contribution in [-0.4, -0.2) is 30.6 Å². The maximum Gasteiger partial charge on any atom is 0.321 e. The Kier molecular flexibility index (Phi) is 4.23. The Morgan fingerprint density at radius 1 is 1.53 bits per heavy atom. The number of carbonyl (C=O) groups excluding carboxylic acids is 1. The molecule has 6 heteroatoms. The number of anilines is 1. The second-order valence-corrected chi connectivity index (χ2v) is 6.08. The van der Waals surface area contributed by atoms with Crippen molar-refractivity contribution in [3.8, 4) is 0 Å². The fraction of sp³-hybridized carbons (Fsp3) is 0.462. The van der Waals surface area contributed by atoms with Gasteiger partial charge in [-0.2, -0.15) is 0 Å². The molecule has 1 aliphatic heterocycles. The molecule has 4 nitrogen and oxygen atoms in total. The third-order valence-corrected chi connectivity index (χ3v) is 4.07. The lowest BCUT2D eigenvalue weighted by Crippen LogP contribution is -2.36. The highest BCUT2D eigenvalue weighted by Crippen LogP contribution is 2.30. The number of hydrogen-bond donors (Lipinski definition) is 2. The number of hydrogen-bond acceptors (Lipinski definition) is 2. The van der Waals surface area contributed by atoms with Crippen LogP contribution in [0.15, 0.2) is 18.2 Å². The monoisotopic (exact) mass is 301 g/mol. The Hall–Kier alpha value is -0.970. The van der Waals surface area contributed by atoms with Gasteiger partial charge in [0.2, 0.25) is 0 Å². The van der Waals surface area contributed by atoms with Crippen molar-refractivity contribution < 1.29 is 4.79 Å². The average molecular weight is 302 g/mol. The van der Waals surface area contributed by atoms with Crippen LogP contribution in [0.2, 0.25) is 10.0 Å². The van der Waals surface area contributed by atoms with Gasteiger partial charge in [-0.15, -0.1) is 0 Å². The highest BCUT2D eigenvalue weighted by atomic mass is 35.5. The molecule has 2 rings (SSSR count). The van der Waals surface area contributed by atoms with Crippen molar-refractivity contribution >= 4 is 34.9 Å². The third kappa shape index (κ3) is 3.32. The standard InChI is InChI=1S/C13H17Cl2N3O/c1-13(7-16)4-5-18(8-13)12(19)17-11-6-9(14)2-3-10(11)15/h2-3,6H,4-5,7-8,16H2,1H3,(H,17,19). The number of likely N-dealkylation sites (tertiary alicyclic amines) is 1. The molecule has 1 saturated heterocycles. The molecule has 1 aliphatic rings. The molecule has 0 radical (unpaired) electrons. The van der Waals surface area contributed by atoms with E-state index in [0.717, 1.165) is 6.42 Å². The number of carbonyl (C=O) groups is 1. The van der Waals surface area contributed by atoms with E-state index in [2.05, 4.69) is 12.2 Å². The maximum absolute atomic E-state index is 12.2. The van der Waals surface area contributed by atoms with Crippen LogP contribution in [-0.2, 0) is 0 Å². The Bertz CT molecular complexity index is 495. The van der Waals surface area contributed by atoms with E-state index in [-0.39, 0.29) is 11.4 Å². The Balaban J connectivity index is 2.04. The lowest BCUT2D eigenvalue weighted by Gasteiger charge is -2.23. The van der Waals surface area contributed by atoms with Crippen LogP contribution < -0.4 is 11.1 Å². The Labute approximate surface area is 122 Å². The summed E-state index contributed by atoms with van der Waals surface area (Å²) < 4.78 is 0. The number of nitrogens with zero attached hydrogens (tertiary/aromatic N) is 1. The van der Waals surface area contributed by atoms with Crippen molar-refractivity contribution in [1.29, 1.82) is 0 Å². The molecule has 19 heavy (non-hydrogen) atoms. The van der Waals surface area contributed by atoms with Crippen molar-refractivity contribution in [2.24, 2.45) is 11.1 Å². The zero-order chi connectivity index (χ0) is 14.0. The van der Waals surface area contributed by atoms with E-state index in [1.54, 1.807) is 23.1 Å². The maximum atomic E-state index is 12.2. The molecule has 2 amide bonds. The molecule has 0 aliphatic carbocycles. The summed E-state index contributed by atoms with van der Waals surface area (Å²) in [5, 5.41) is 3.79. The van der Waals surface area contributed by atoms with Crippen molar-refractivity contribution in [1.82, 2.24) is 4.90 Å². The molecule has 1 aromatic carbocycles. The first-order valence-corrected chi connectivity index (χ1v) is 6.90. The number of halogens is 2. The topological polar surface area (TPSA) is 58.4 Å². The molecule has 0 aromatic heterocycles. The summed E-state index contributed by atoms with van der Waals surface area (Å²) in [6.07, 6.45) is 0.917. The number of urea groups is 1. The second-order valence-electron chi connectivity index (χ2n) is 5.24. The van der Waals surface area contributed by atoms with E-state index >= 15 is 0 Å². The summed E-state index contributed by atoms with van der Waals surface area (Å²) in [5.74, 6) is 0. The molecular formula is C13H17Cl2N3O. The van der Waals surface area contributed by atoms with Crippen LogP contribution in [0.25, 0.3) is 0 Å². The molecule has 1 aromatic rings. The van der Waals surface area contributed by atoms with Crippen LogP contribution >= 0.6 is 23.2 Å². The summed E-state index contributed by atoms with van der Waals surface area (Å²) in [6, 6.07) is 4.82. The molecule has 0 spiro atoms. The van der Waals surface area contributed by atoms with Crippen LogP contribution in [0.3, 0.4) is 0 Å². The molecule has 3 N–H and O–H groups in total. The quantitative estimate of drug-likeness (QED) is 0.881. The SMILES string of the molecule is CC1(CN)CCN(C(=O)Nc2cc(Cl)ccc2Cl)C1. The fourth-order valence-corrected chi connectivity index (χ4v) is 2.49. The minimum Gasteiger partial charge on any atom is -0.330 e. The Morgan fingerprint density at radius 2 is 2.26 bits per heavy atom. The van der Waals surface area contributed by atoms with Gasteiger partial charge in [0.25, 0.3) is 0 Å². The lowest BCUT2D eigenvalue weighted by molar-refractivity contribution is 0.216.